The number of aliphatic carboxylic acids is 2. The minimum atomic E-state index is -1.37. The normalized spacial score (nSPS) is 14.8. The lowest BCUT2D eigenvalue weighted by atomic mass is 9.97. The van der Waals surface area contributed by atoms with Crippen LogP contribution in [0.25, 0.3) is 0 Å². The quantitative estimate of drug-likeness (QED) is 0.494. The van der Waals surface area contributed by atoms with Crippen molar-refractivity contribution in [2.24, 2.45) is 11.7 Å². The largest absolute Gasteiger partial charge is 0.481 e. The van der Waals surface area contributed by atoms with Crippen molar-refractivity contribution in [3.05, 3.63) is 12.7 Å². The molecule has 0 aromatic carbocycles. The van der Waals surface area contributed by atoms with E-state index in [0.29, 0.717) is 0 Å². The van der Waals surface area contributed by atoms with Gasteiger partial charge in [0, 0.05) is 0 Å². The third kappa shape index (κ3) is 2.71. The third-order valence-electron chi connectivity index (χ3n) is 1.46. The maximum atomic E-state index is 10.4. The molecule has 0 saturated heterocycles. The van der Waals surface area contributed by atoms with Crippen LogP contribution in [0.2, 0.25) is 0 Å². The molecular weight excluding hydrogens is 162 g/mol. The summed E-state index contributed by atoms with van der Waals surface area (Å²) in [5.74, 6) is -3.63. The summed E-state index contributed by atoms with van der Waals surface area (Å²) in [7, 11) is 0. The van der Waals surface area contributed by atoms with E-state index in [1.165, 1.54) is 6.08 Å². The molecule has 0 aliphatic carbocycles. The molecule has 68 valence electrons. The molecule has 5 nitrogen and oxygen atoms in total. The Morgan fingerprint density at radius 2 is 1.92 bits per heavy atom. The van der Waals surface area contributed by atoms with Crippen LogP contribution in [0, 0.1) is 5.92 Å². The lowest BCUT2D eigenvalue weighted by Gasteiger charge is -2.13. The van der Waals surface area contributed by atoms with Crippen molar-refractivity contribution in [3.63, 3.8) is 0 Å². The molecule has 4 N–H and O–H groups in total. The zero-order chi connectivity index (χ0) is 9.72. The van der Waals surface area contributed by atoms with Gasteiger partial charge in [-0.25, -0.2) is 0 Å². The summed E-state index contributed by atoms with van der Waals surface area (Å²) < 4.78 is 0. The molecule has 0 radical (unpaired) electrons. The van der Waals surface area contributed by atoms with Crippen LogP contribution in [0.3, 0.4) is 0 Å². The summed E-state index contributed by atoms with van der Waals surface area (Å²) in [6.07, 6.45) is 1.39. The third-order valence-corrected chi connectivity index (χ3v) is 1.46. The van der Waals surface area contributed by atoms with Gasteiger partial charge in [-0.1, -0.05) is 6.08 Å². The SMILES string of the molecule is C=CCC(C(=O)O)C(N)C(=O)O. The number of carbonyl (C=O) groups is 2. The second kappa shape index (κ2) is 4.50. The minimum Gasteiger partial charge on any atom is -0.481 e. The van der Waals surface area contributed by atoms with Crippen LogP contribution >= 0.6 is 0 Å². The van der Waals surface area contributed by atoms with Gasteiger partial charge in [-0.3, -0.25) is 9.59 Å². The lowest BCUT2D eigenvalue weighted by molar-refractivity contribution is -0.149. The van der Waals surface area contributed by atoms with Crippen LogP contribution in [0.5, 0.6) is 0 Å². The highest BCUT2D eigenvalue weighted by Crippen LogP contribution is 2.08. The van der Waals surface area contributed by atoms with E-state index in [1.54, 1.807) is 0 Å². The zero-order valence-electron chi connectivity index (χ0n) is 6.43. The van der Waals surface area contributed by atoms with Crippen molar-refractivity contribution < 1.29 is 19.8 Å². The van der Waals surface area contributed by atoms with E-state index >= 15 is 0 Å². The number of nitrogens with two attached hydrogens (primary N) is 1. The van der Waals surface area contributed by atoms with Crippen LogP contribution < -0.4 is 5.73 Å². The predicted molar refractivity (Wildman–Crippen MR) is 41.6 cm³/mol. The Hall–Kier alpha value is -1.36. The predicted octanol–water partition coefficient (Wildman–Crippen LogP) is -0.325. The van der Waals surface area contributed by atoms with Crippen LogP contribution in [0.15, 0.2) is 12.7 Å². The van der Waals surface area contributed by atoms with Gasteiger partial charge in [0.25, 0.3) is 0 Å². The van der Waals surface area contributed by atoms with Crippen molar-refractivity contribution in [3.8, 4) is 0 Å². The highest BCUT2D eigenvalue weighted by atomic mass is 16.4. The molecule has 0 amide bonds. The molecule has 2 unspecified atom stereocenters. The maximum absolute atomic E-state index is 10.4. The van der Waals surface area contributed by atoms with Crippen molar-refractivity contribution in [2.45, 2.75) is 12.5 Å². The van der Waals surface area contributed by atoms with Gasteiger partial charge < -0.3 is 15.9 Å². The molecule has 0 aromatic heterocycles. The summed E-state index contributed by atoms with van der Waals surface area (Å²) in [5, 5.41) is 16.9. The van der Waals surface area contributed by atoms with Crippen LogP contribution in [0.4, 0.5) is 0 Å². The smallest absolute Gasteiger partial charge is 0.321 e. The fourth-order valence-corrected chi connectivity index (χ4v) is 0.753. The molecule has 0 heterocycles. The molecule has 5 heteroatoms. The number of hydrogen-bond donors (Lipinski definition) is 3. The molecule has 0 spiro atoms. The monoisotopic (exact) mass is 173 g/mol. The fraction of sp³-hybridized carbons (Fsp3) is 0.429. The molecule has 0 bridgehead atoms. The topological polar surface area (TPSA) is 101 Å². The van der Waals surface area contributed by atoms with Crippen molar-refractivity contribution in [2.75, 3.05) is 0 Å². The van der Waals surface area contributed by atoms with Gasteiger partial charge in [0.2, 0.25) is 0 Å². The highest BCUT2D eigenvalue weighted by Gasteiger charge is 2.28. The van der Waals surface area contributed by atoms with E-state index in [0.717, 1.165) is 0 Å². The van der Waals surface area contributed by atoms with E-state index in [2.05, 4.69) is 6.58 Å². The summed E-state index contributed by atoms with van der Waals surface area (Å²) >= 11 is 0. The second-order valence-corrected chi connectivity index (χ2v) is 2.33. The number of allylic oxidation sites excluding steroid dienone is 1. The van der Waals surface area contributed by atoms with Gasteiger partial charge in [-0.2, -0.15) is 0 Å². The molecule has 0 aliphatic rings. The summed E-state index contributed by atoms with van der Waals surface area (Å²) in [4.78, 5) is 20.7. The van der Waals surface area contributed by atoms with Gasteiger partial charge in [0.1, 0.15) is 6.04 Å². The van der Waals surface area contributed by atoms with E-state index in [1.807, 2.05) is 0 Å². The van der Waals surface area contributed by atoms with Crippen LogP contribution in [0.1, 0.15) is 6.42 Å². The van der Waals surface area contributed by atoms with Gasteiger partial charge in [-0.05, 0) is 6.42 Å². The summed E-state index contributed by atoms with van der Waals surface area (Å²) in [6.45, 7) is 3.31. The fourth-order valence-electron chi connectivity index (χ4n) is 0.753. The zero-order valence-corrected chi connectivity index (χ0v) is 6.43. The Balaban J connectivity index is 4.38. The van der Waals surface area contributed by atoms with Crippen LogP contribution in [-0.2, 0) is 9.59 Å². The molecule has 0 fully saturated rings. The number of hydrogen-bond acceptors (Lipinski definition) is 3. The summed E-state index contributed by atoms with van der Waals surface area (Å²) in [5.41, 5.74) is 5.12. The van der Waals surface area contributed by atoms with E-state index in [4.69, 9.17) is 15.9 Å². The van der Waals surface area contributed by atoms with E-state index < -0.39 is 23.9 Å². The first-order valence-corrected chi connectivity index (χ1v) is 3.32. The Kier molecular flexibility index (Phi) is 3.99. The Bertz CT molecular complexity index is 202. The first kappa shape index (κ1) is 10.6. The van der Waals surface area contributed by atoms with Gasteiger partial charge in [-0.15, -0.1) is 6.58 Å². The standard InChI is InChI=1S/C7H11NO4/c1-2-3-4(6(9)10)5(8)7(11)12/h2,4-5H,1,3,8H2,(H,9,10)(H,11,12). The van der Waals surface area contributed by atoms with Crippen molar-refractivity contribution in [1.82, 2.24) is 0 Å². The minimum absolute atomic E-state index is 0.0583. The molecule has 0 aliphatic heterocycles. The Morgan fingerprint density at radius 3 is 2.17 bits per heavy atom. The Morgan fingerprint density at radius 1 is 1.42 bits per heavy atom. The second-order valence-electron chi connectivity index (χ2n) is 2.33. The molecule has 0 rings (SSSR count). The lowest BCUT2D eigenvalue weighted by Crippen LogP contribution is -2.41. The summed E-state index contributed by atoms with van der Waals surface area (Å²) in [6, 6.07) is -1.37. The molecule has 12 heavy (non-hydrogen) atoms. The van der Waals surface area contributed by atoms with Crippen molar-refractivity contribution in [1.29, 1.82) is 0 Å². The number of carboxylic acid groups (broad SMARTS) is 2. The number of rotatable bonds is 5. The van der Waals surface area contributed by atoms with Gasteiger partial charge in [0.15, 0.2) is 0 Å². The average molecular weight is 173 g/mol. The first-order valence-electron chi connectivity index (χ1n) is 3.32. The molecule has 0 saturated carbocycles. The Labute approximate surface area is 69.5 Å². The van der Waals surface area contributed by atoms with Gasteiger partial charge in [0.05, 0.1) is 5.92 Å². The number of carboxylic acids is 2. The highest BCUT2D eigenvalue weighted by molar-refractivity contribution is 5.82. The first-order chi connectivity index (χ1) is 5.50. The van der Waals surface area contributed by atoms with E-state index in [-0.39, 0.29) is 6.42 Å². The van der Waals surface area contributed by atoms with E-state index in [9.17, 15) is 9.59 Å². The maximum Gasteiger partial charge on any atom is 0.321 e. The average Bonchev–Trinajstić information content (AvgIpc) is 1.98. The molecule has 0 aromatic rings. The van der Waals surface area contributed by atoms with Gasteiger partial charge >= 0.3 is 11.9 Å². The molecule has 2 atom stereocenters. The van der Waals surface area contributed by atoms with Crippen molar-refractivity contribution >= 4 is 11.9 Å². The molecular formula is C7H11NO4. The van der Waals surface area contributed by atoms with Crippen LogP contribution in [-0.4, -0.2) is 28.2 Å².